The van der Waals surface area contributed by atoms with Gasteiger partial charge in [-0.15, -0.1) is 24.8 Å². The van der Waals surface area contributed by atoms with Gasteiger partial charge in [-0.3, -0.25) is 0 Å². The van der Waals surface area contributed by atoms with Crippen LogP contribution < -0.4 is 10.5 Å². The minimum Gasteiger partial charge on any atom is -0.326 e. The molecule has 5 nitrogen and oxygen atoms in total. The second kappa shape index (κ2) is 13.4. The molecule has 0 atom stereocenters. The van der Waals surface area contributed by atoms with E-state index in [1.54, 1.807) is 18.2 Å². The molecule has 0 fully saturated rings. The van der Waals surface area contributed by atoms with Gasteiger partial charge in [0.2, 0.25) is 10.0 Å². The number of sulfonamides is 1. The SMILES string of the molecule is CN(CCCc1ccc(CN)cc1)CCNS(=O)(=O)c1ccccc1Cl.Cl.Cl. The lowest BCUT2D eigenvalue weighted by atomic mass is 10.1. The van der Waals surface area contributed by atoms with E-state index >= 15 is 0 Å². The lowest BCUT2D eigenvalue weighted by molar-refractivity contribution is 0.334. The van der Waals surface area contributed by atoms with E-state index in [1.807, 2.05) is 7.05 Å². The predicted octanol–water partition coefficient (Wildman–Crippen LogP) is 3.49. The fourth-order valence-electron chi connectivity index (χ4n) is 2.62. The maximum Gasteiger partial charge on any atom is 0.242 e. The molecule has 0 aromatic heterocycles. The molecule has 3 N–H and O–H groups in total. The summed E-state index contributed by atoms with van der Waals surface area (Å²) >= 11 is 5.96. The molecule has 0 radical (unpaired) electrons. The number of hydrogen-bond acceptors (Lipinski definition) is 4. The average molecular weight is 469 g/mol. The number of aryl methyl sites for hydroxylation is 1. The predicted molar refractivity (Wildman–Crippen MR) is 121 cm³/mol. The summed E-state index contributed by atoms with van der Waals surface area (Å²) in [6.45, 7) is 2.44. The summed E-state index contributed by atoms with van der Waals surface area (Å²) in [4.78, 5) is 2.23. The molecule has 0 saturated carbocycles. The summed E-state index contributed by atoms with van der Waals surface area (Å²) < 4.78 is 27.1. The van der Waals surface area contributed by atoms with Crippen LogP contribution in [0.25, 0.3) is 0 Å². The van der Waals surface area contributed by atoms with E-state index in [4.69, 9.17) is 17.3 Å². The number of nitrogens with zero attached hydrogens (tertiary/aromatic N) is 1. The molecule has 0 aliphatic carbocycles. The number of halogens is 3. The van der Waals surface area contributed by atoms with Crippen LogP contribution in [0, 0.1) is 0 Å². The third-order valence-corrected chi connectivity index (χ3v) is 6.14. The minimum atomic E-state index is -3.58. The Labute approximate surface area is 185 Å². The number of nitrogens with one attached hydrogen (secondary N) is 1. The molecular weight excluding hydrogens is 441 g/mol. The molecule has 0 aliphatic heterocycles. The Morgan fingerprint density at radius 1 is 1.00 bits per heavy atom. The van der Waals surface area contributed by atoms with Crippen LogP contribution in [-0.2, 0) is 23.0 Å². The van der Waals surface area contributed by atoms with Crippen LogP contribution in [0.5, 0.6) is 0 Å². The average Bonchev–Trinajstić information content (AvgIpc) is 2.62. The van der Waals surface area contributed by atoms with Gasteiger partial charge in [-0.05, 0) is 49.7 Å². The van der Waals surface area contributed by atoms with Crippen molar-refractivity contribution in [3.8, 4) is 0 Å². The molecule has 0 unspecified atom stereocenters. The smallest absolute Gasteiger partial charge is 0.242 e. The van der Waals surface area contributed by atoms with E-state index in [0.717, 1.165) is 24.9 Å². The van der Waals surface area contributed by atoms with Crippen molar-refractivity contribution in [2.75, 3.05) is 26.7 Å². The molecule has 2 aromatic carbocycles. The van der Waals surface area contributed by atoms with E-state index < -0.39 is 10.0 Å². The summed E-state index contributed by atoms with van der Waals surface area (Å²) in [5, 5.41) is 0.231. The summed E-state index contributed by atoms with van der Waals surface area (Å²) in [6, 6.07) is 14.8. The third-order valence-electron chi connectivity index (χ3n) is 4.18. The van der Waals surface area contributed by atoms with E-state index in [9.17, 15) is 8.42 Å². The fraction of sp³-hybridized carbons (Fsp3) is 0.368. The molecule has 0 heterocycles. The van der Waals surface area contributed by atoms with Crippen LogP contribution >= 0.6 is 36.4 Å². The number of benzene rings is 2. The molecule has 0 spiro atoms. The quantitative estimate of drug-likeness (QED) is 0.560. The first-order valence-electron chi connectivity index (χ1n) is 8.63. The van der Waals surface area contributed by atoms with Gasteiger partial charge in [0, 0.05) is 19.6 Å². The second-order valence-electron chi connectivity index (χ2n) is 6.26. The second-order valence-corrected chi connectivity index (χ2v) is 8.40. The Morgan fingerprint density at radius 3 is 2.21 bits per heavy atom. The van der Waals surface area contributed by atoms with Crippen LogP contribution in [0.3, 0.4) is 0 Å². The van der Waals surface area contributed by atoms with E-state index in [1.165, 1.54) is 11.6 Å². The van der Waals surface area contributed by atoms with Gasteiger partial charge in [0.1, 0.15) is 4.90 Å². The zero-order valence-electron chi connectivity index (χ0n) is 15.8. The van der Waals surface area contributed by atoms with Gasteiger partial charge in [-0.25, -0.2) is 13.1 Å². The largest absolute Gasteiger partial charge is 0.326 e. The molecule has 2 aromatic rings. The molecule has 158 valence electrons. The topological polar surface area (TPSA) is 75.4 Å². The highest BCUT2D eigenvalue weighted by atomic mass is 35.5. The minimum absolute atomic E-state index is 0. The first-order valence-corrected chi connectivity index (χ1v) is 10.5. The van der Waals surface area contributed by atoms with E-state index in [0.29, 0.717) is 19.6 Å². The first-order chi connectivity index (χ1) is 12.4. The monoisotopic (exact) mass is 467 g/mol. The van der Waals surface area contributed by atoms with Crippen molar-refractivity contribution in [1.29, 1.82) is 0 Å². The number of likely N-dealkylation sites (N-methyl/N-ethyl adjacent to an activating group) is 1. The molecule has 0 bridgehead atoms. The molecule has 9 heteroatoms. The Balaban J connectivity index is 0.00000364. The lowest BCUT2D eigenvalue weighted by Gasteiger charge is -2.17. The van der Waals surface area contributed by atoms with Crippen LogP contribution in [0.1, 0.15) is 17.5 Å². The van der Waals surface area contributed by atoms with Crippen LogP contribution in [0.2, 0.25) is 5.02 Å². The van der Waals surface area contributed by atoms with Gasteiger partial charge in [0.05, 0.1) is 5.02 Å². The van der Waals surface area contributed by atoms with Crippen molar-refractivity contribution in [3.63, 3.8) is 0 Å². The summed E-state index contributed by atoms with van der Waals surface area (Å²) in [5.41, 5.74) is 8.02. The highest BCUT2D eigenvalue weighted by Crippen LogP contribution is 2.19. The summed E-state index contributed by atoms with van der Waals surface area (Å²) in [5.74, 6) is 0. The first kappa shape index (κ1) is 27.1. The lowest BCUT2D eigenvalue weighted by Crippen LogP contribution is -2.33. The van der Waals surface area contributed by atoms with Gasteiger partial charge in [-0.2, -0.15) is 0 Å². The Kier molecular flexibility index (Phi) is 13.0. The molecule has 0 saturated heterocycles. The van der Waals surface area contributed by atoms with Crippen molar-refractivity contribution in [2.45, 2.75) is 24.3 Å². The zero-order valence-corrected chi connectivity index (χ0v) is 19.0. The maximum absolute atomic E-state index is 12.3. The van der Waals surface area contributed by atoms with Gasteiger partial charge in [0.15, 0.2) is 0 Å². The van der Waals surface area contributed by atoms with E-state index in [2.05, 4.69) is 33.9 Å². The molecule has 28 heavy (non-hydrogen) atoms. The Bertz CT molecular complexity index is 802. The Morgan fingerprint density at radius 2 is 1.61 bits per heavy atom. The fourth-order valence-corrected chi connectivity index (χ4v) is 4.16. The van der Waals surface area contributed by atoms with Crippen molar-refractivity contribution in [3.05, 3.63) is 64.7 Å². The number of nitrogens with two attached hydrogens (primary N) is 1. The van der Waals surface area contributed by atoms with Crippen LogP contribution in [-0.4, -0.2) is 40.0 Å². The standard InChI is InChI=1S/C19H26ClN3O2S.2ClH/c1-23(13-4-5-16-8-10-17(15-21)11-9-16)14-12-22-26(24,25)19-7-3-2-6-18(19)20;;/h2-3,6-11,22H,4-5,12-15,21H2,1H3;2*1H. The van der Waals surface area contributed by atoms with Gasteiger partial charge < -0.3 is 10.6 Å². The summed E-state index contributed by atoms with van der Waals surface area (Å²) in [7, 11) is -1.59. The number of rotatable bonds is 10. The maximum atomic E-state index is 12.3. The molecule has 0 amide bonds. The highest BCUT2D eigenvalue weighted by Gasteiger charge is 2.16. The number of hydrogen-bond donors (Lipinski definition) is 2. The summed E-state index contributed by atoms with van der Waals surface area (Å²) in [6.07, 6.45) is 2.00. The van der Waals surface area contributed by atoms with E-state index in [-0.39, 0.29) is 34.7 Å². The van der Waals surface area contributed by atoms with Crippen molar-refractivity contribution >= 4 is 46.4 Å². The normalized spacial score (nSPS) is 11.0. The van der Waals surface area contributed by atoms with Crippen molar-refractivity contribution < 1.29 is 8.42 Å². The molecular formula is C19H28Cl3N3O2S. The van der Waals surface area contributed by atoms with Crippen LogP contribution in [0.15, 0.2) is 53.4 Å². The van der Waals surface area contributed by atoms with Gasteiger partial charge in [0.25, 0.3) is 0 Å². The van der Waals surface area contributed by atoms with Gasteiger partial charge >= 0.3 is 0 Å². The molecule has 2 rings (SSSR count). The van der Waals surface area contributed by atoms with Gasteiger partial charge in [-0.1, -0.05) is 48.0 Å². The molecule has 0 aliphatic rings. The van der Waals surface area contributed by atoms with Crippen molar-refractivity contribution in [1.82, 2.24) is 9.62 Å². The zero-order chi connectivity index (χ0) is 19.0. The highest BCUT2D eigenvalue weighted by molar-refractivity contribution is 7.89. The van der Waals surface area contributed by atoms with Crippen LogP contribution in [0.4, 0.5) is 0 Å². The third kappa shape index (κ3) is 8.66. The van der Waals surface area contributed by atoms with Crippen molar-refractivity contribution in [2.24, 2.45) is 5.73 Å². The Hall–Kier alpha value is -0.860.